The number of ether oxygens (including phenoxy) is 2. The third-order valence-corrected chi connectivity index (χ3v) is 4.43. The average molecular weight is 397 g/mol. The Labute approximate surface area is 167 Å². The third kappa shape index (κ3) is 4.94. The van der Waals surface area contributed by atoms with Crippen LogP contribution in [0.4, 0.5) is 0 Å². The molecule has 29 heavy (non-hydrogen) atoms. The van der Waals surface area contributed by atoms with Gasteiger partial charge in [0.1, 0.15) is 17.1 Å². The second-order valence-electron chi connectivity index (χ2n) is 6.49. The SMILES string of the molecule is COc1ccc(-c2cc(=O)oc3cc(O[C@H](C)C(=O)NCCCO)ccc23)cc1. The van der Waals surface area contributed by atoms with Crippen LogP contribution < -0.4 is 20.4 Å². The molecule has 3 aromatic rings. The number of methoxy groups -OCH3 is 1. The smallest absolute Gasteiger partial charge is 0.336 e. The first-order chi connectivity index (χ1) is 14.0. The Kier molecular flexibility index (Phi) is 6.51. The summed E-state index contributed by atoms with van der Waals surface area (Å²) in [4.78, 5) is 24.1. The number of carbonyl (C=O) groups excluding carboxylic acids is 1. The monoisotopic (exact) mass is 397 g/mol. The number of rotatable bonds is 8. The highest BCUT2D eigenvalue weighted by atomic mass is 16.5. The van der Waals surface area contributed by atoms with E-state index in [-0.39, 0.29) is 12.5 Å². The van der Waals surface area contributed by atoms with Gasteiger partial charge in [0.15, 0.2) is 6.10 Å². The minimum Gasteiger partial charge on any atom is -0.497 e. The maximum Gasteiger partial charge on any atom is 0.336 e. The van der Waals surface area contributed by atoms with Gasteiger partial charge in [-0.3, -0.25) is 4.79 Å². The molecule has 0 aliphatic heterocycles. The summed E-state index contributed by atoms with van der Waals surface area (Å²) in [7, 11) is 1.59. The fraction of sp³-hybridized carbons (Fsp3) is 0.273. The summed E-state index contributed by atoms with van der Waals surface area (Å²) in [6.45, 7) is 2.01. The van der Waals surface area contributed by atoms with Crippen LogP contribution in [-0.2, 0) is 4.79 Å². The molecule has 0 unspecified atom stereocenters. The van der Waals surface area contributed by atoms with Gasteiger partial charge in [-0.15, -0.1) is 0 Å². The molecule has 0 bridgehead atoms. The molecule has 152 valence electrons. The summed E-state index contributed by atoms with van der Waals surface area (Å²) in [5.41, 5.74) is 1.48. The summed E-state index contributed by atoms with van der Waals surface area (Å²) < 4.78 is 16.2. The van der Waals surface area contributed by atoms with E-state index in [4.69, 9.17) is 19.0 Å². The van der Waals surface area contributed by atoms with Gasteiger partial charge in [0, 0.05) is 30.7 Å². The average Bonchev–Trinajstić information content (AvgIpc) is 2.73. The quantitative estimate of drug-likeness (QED) is 0.448. The molecule has 2 aromatic carbocycles. The van der Waals surface area contributed by atoms with E-state index in [2.05, 4.69) is 5.32 Å². The van der Waals surface area contributed by atoms with Gasteiger partial charge in [-0.1, -0.05) is 12.1 Å². The van der Waals surface area contributed by atoms with Crippen LogP contribution in [0.25, 0.3) is 22.1 Å². The van der Waals surface area contributed by atoms with Crippen molar-refractivity contribution in [2.45, 2.75) is 19.4 Å². The summed E-state index contributed by atoms with van der Waals surface area (Å²) in [5, 5.41) is 12.2. The number of hydrogen-bond acceptors (Lipinski definition) is 6. The lowest BCUT2D eigenvalue weighted by atomic mass is 10.0. The van der Waals surface area contributed by atoms with Crippen LogP contribution in [0.1, 0.15) is 13.3 Å². The van der Waals surface area contributed by atoms with E-state index >= 15 is 0 Å². The number of aliphatic hydroxyl groups excluding tert-OH is 1. The normalized spacial score (nSPS) is 11.8. The van der Waals surface area contributed by atoms with E-state index < -0.39 is 11.7 Å². The first-order valence-corrected chi connectivity index (χ1v) is 9.29. The number of benzene rings is 2. The molecular formula is C22H23NO6. The highest BCUT2D eigenvalue weighted by Crippen LogP contribution is 2.31. The van der Waals surface area contributed by atoms with Crippen molar-refractivity contribution in [1.29, 1.82) is 0 Å². The Hall–Kier alpha value is -3.32. The molecule has 7 nitrogen and oxygen atoms in total. The Morgan fingerprint density at radius 2 is 1.86 bits per heavy atom. The van der Waals surface area contributed by atoms with E-state index in [0.29, 0.717) is 24.3 Å². The van der Waals surface area contributed by atoms with Crippen molar-refractivity contribution in [2.24, 2.45) is 0 Å². The maximum atomic E-state index is 12.1. The molecule has 0 saturated heterocycles. The Morgan fingerprint density at radius 3 is 2.55 bits per heavy atom. The summed E-state index contributed by atoms with van der Waals surface area (Å²) in [5.74, 6) is 0.854. The van der Waals surface area contributed by atoms with Gasteiger partial charge in [0.25, 0.3) is 5.91 Å². The number of hydrogen-bond donors (Lipinski definition) is 2. The standard InChI is InChI=1S/C22H23NO6/c1-14(22(26)23-10-3-11-24)28-17-8-9-18-19(13-21(25)29-20(18)12-17)15-4-6-16(27-2)7-5-15/h4-9,12-14,24H,3,10-11H2,1-2H3,(H,23,26)/t14-/m1/s1. The van der Waals surface area contributed by atoms with Crippen LogP contribution in [0.3, 0.4) is 0 Å². The minimum absolute atomic E-state index is 0.00968. The zero-order valence-corrected chi connectivity index (χ0v) is 16.3. The predicted molar refractivity (Wildman–Crippen MR) is 109 cm³/mol. The van der Waals surface area contributed by atoms with Crippen molar-refractivity contribution >= 4 is 16.9 Å². The van der Waals surface area contributed by atoms with Gasteiger partial charge >= 0.3 is 5.63 Å². The molecule has 3 rings (SSSR count). The lowest BCUT2D eigenvalue weighted by Crippen LogP contribution is -2.37. The lowest BCUT2D eigenvalue weighted by Gasteiger charge is -2.15. The van der Waals surface area contributed by atoms with E-state index in [1.807, 2.05) is 24.3 Å². The van der Waals surface area contributed by atoms with Crippen LogP contribution in [0.15, 0.2) is 57.7 Å². The van der Waals surface area contributed by atoms with Gasteiger partial charge in [-0.2, -0.15) is 0 Å². The molecule has 0 fully saturated rings. The molecule has 0 saturated carbocycles. The highest BCUT2D eigenvalue weighted by Gasteiger charge is 2.15. The molecule has 7 heteroatoms. The first-order valence-electron chi connectivity index (χ1n) is 9.29. The van der Waals surface area contributed by atoms with Gasteiger partial charge in [-0.25, -0.2) is 4.79 Å². The van der Waals surface area contributed by atoms with Gasteiger partial charge in [0.2, 0.25) is 0 Å². The second-order valence-corrected chi connectivity index (χ2v) is 6.49. The van der Waals surface area contributed by atoms with Crippen LogP contribution in [0, 0.1) is 0 Å². The van der Waals surface area contributed by atoms with E-state index in [9.17, 15) is 9.59 Å². The van der Waals surface area contributed by atoms with Crippen LogP contribution in [0.5, 0.6) is 11.5 Å². The first kappa shape index (κ1) is 20.4. The Bertz CT molecular complexity index is 1040. The topological polar surface area (TPSA) is 98.0 Å². The molecular weight excluding hydrogens is 374 g/mol. The van der Waals surface area contributed by atoms with Crippen LogP contribution >= 0.6 is 0 Å². The fourth-order valence-corrected chi connectivity index (χ4v) is 2.92. The van der Waals surface area contributed by atoms with Gasteiger partial charge in [0.05, 0.1) is 7.11 Å². The van der Waals surface area contributed by atoms with Crippen molar-refractivity contribution in [3.05, 3.63) is 59.0 Å². The predicted octanol–water partition coefficient (Wildman–Crippen LogP) is 2.73. The lowest BCUT2D eigenvalue weighted by molar-refractivity contribution is -0.127. The molecule has 1 atom stereocenters. The van der Waals surface area contributed by atoms with Crippen molar-refractivity contribution in [3.8, 4) is 22.6 Å². The zero-order valence-electron chi connectivity index (χ0n) is 16.3. The summed E-state index contributed by atoms with van der Waals surface area (Å²) in [6, 6.07) is 14.0. The van der Waals surface area contributed by atoms with E-state index in [1.54, 1.807) is 32.2 Å². The summed E-state index contributed by atoms with van der Waals surface area (Å²) >= 11 is 0. The van der Waals surface area contributed by atoms with Crippen molar-refractivity contribution in [1.82, 2.24) is 5.32 Å². The van der Waals surface area contributed by atoms with E-state index in [0.717, 1.165) is 22.3 Å². The number of nitrogens with one attached hydrogen (secondary N) is 1. The zero-order chi connectivity index (χ0) is 20.8. The summed E-state index contributed by atoms with van der Waals surface area (Å²) in [6.07, 6.45) is -0.254. The Balaban J connectivity index is 1.86. The van der Waals surface area contributed by atoms with Crippen molar-refractivity contribution in [3.63, 3.8) is 0 Å². The number of carbonyl (C=O) groups is 1. The van der Waals surface area contributed by atoms with Crippen LogP contribution in [-0.4, -0.2) is 37.4 Å². The molecule has 2 N–H and O–H groups in total. The minimum atomic E-state index is -0.734. The number of aliphatic hydroxyl groups is 1. The molecule has 0 aliphatic carbocycles. The van der Waals surface area contributed by atoms with Crippen molar-refractivity contribution < 1.29 is 23.8 Å². The largest absolute Gasteiger partial charge is 0.497 e. The maximum absolute atomic E-state index is 12.1. The molecule has 0 aliphatic rings. The molecule has 1 amide bonds. The second kappa shape index (κ2) is 9.25. The Morgan fingerprint density at radius 1 is 1.14 bits per heavy atom. The molecule has 0 spiro atoms. The van der Waals surface area contributed by atoms with Gasteiger partial charge < -0.3 is 24.3 Å². The molecule has 1 aromatic heterocycles. The third-order valence-electron chi connectivity index (χ3n) is 4.43. The van der Waals surface area contributed by atoms with Crippen LogP contribution in [0.2, 0.25) is 0 Å². The number of fused-ring (bicyclic) bond motifs is 1. The number of amides is 1. The molecule has 1 heterocycles. The van der Waals surface area contributed by atoms with Gasteiger partial charge in [-0.05, 0) is 48.7 Å². The fourth-order valence-electron chi connectivity index (χ4n) is 2.92. The van der Waals surface area contributed by atoms with E-state index in [1.165, 1.54) is 6.07 Å². The van der Waals surface area contributed by atoms with Crippen molar-refractivity contribution in [2.75, 3.05) is 20.3 Å². The highest BCUT2D eigenvalue weighted by molar-refractivity contribution is 5.94. The molecule has 0 radical (unpaired) electrons.